The van der Waals surface area contributed by atoms with Crippen LogP contribution in [0.15, 0.2) is 78.2 Å². The molecule has 0 aliphatic heterocycles. The van der Waals surface area contributed by atoms with Crippen LogP contribution in [0.5, 0.6) is 0 Å². The van der Waals surface area contributed by atoms with E-state index in [0.29, 0.717) is 13.1 Å². The van der Waals surface area contributed by atoms with Crippen molar-refractivity contribution in [3.05, 3.63) is 94.2 Å². The quantitative estimate of drug-likeness (QED) is 0.605. The van der Waals surface area contributed by atoms with E-state index in [0.717, 1.165) is 16.0 Å². The molecule has 5 nitrogen and oxygen atoms in total. The van der Waals surface area contributed by atoms with Crippen molar-refractivity contribution in [2.75, 3.05) is 0 Å². The van der Waals surface area contributed by atoms with Gasteiger partial charge in [0, 0.05) is 18.0 Å². The number of hydrogen-bond donors (Lipinski definition) is 2. The van der Waals surface area contributed by atoms with Gasteiger partial charge in [-0.05, 0) is 22.6 Å². The molecular formula is C22H23N3O2S. The molecule has 0 bridgehead atoms. The first-order valence-electron chi connectivity index (χ1n) is 9.07. The molecule has 0 fully saturated rings. The number of hydrogen-bond acceptors (Lipinski definition) is 3. The van der Waals surface area contributed by atoms with Gasteiger partial charge in [0.25, 0.3) is 0 Å². The lowest BCUT2D eigenvalue weighted by Gasteiger charge is -2.25. The lowest BCUT2D eigenvalue weighted by molar-refractivity contribution is -0.133. The number of carbonyl (C=O) groups excluding carboxylic acids is 2. The Hall–Kier alpha value is -3.12. The molecule has 0 spiro atoms. The van der Waals surface area contributed by atoms with Crippen molar-refractivity contribution in [2.24, 2.45) is 5.73 Å². The molecule has 0 aliphatic rings. The molecule has 3 rings (SSSR count). The Balaban J connectivity index is 1.79. The van der Waals surface area contributed by atoms with E-state index in [-0.39, 0.29) is 12.3 Å². The summed E-state index contributed by atoms with van der Waals surface area (Å²) in [6, 6.07) is 22.5. The topological polar surface area (TPSA) is 75.4 Å². The normalized spacial score (nSPS) is 11.6. The molecule has 2 aromatic carbocycles. The van der Waals surface area contributed by atoms with Crippen LogP contribution in [0.3, 0.4) is 0 Å². The lowest BCUT2D eigenvalue weighted by Crippen LogP contribution is -2.37. The minimum absolute atomic E-state index is 0.0418. The molecule has 1 aromatic heterocycles. The summed E-state index contributed by atoms with van der Waals surface area (Å²) in [6.45, 7) is 1.00. The van der Waals surface area contributed by atoms with E-state index in [9.17, 15) is 9.59 Å². The summed E-state index contributed by atoms with van der Waals surface area (Å²) in [5.74, 6) is -0.0418. The average Bonchev–Trinajstić information content (AvgIpc) is 3.23. The van der Waals surface area contributed by atoms with Gasteiger partial charge < -0.3 is 16.0 Å². The zero-order valence-electron chi connectivity index (χ0n) is 15.5. The number of rotatable bonds is 8. The summed E-state index contributed by atoms with van der Waals surface area (Å²) in [5.41, 5.74) is 7.44. The summed E-state index contributed by atoms with van der Waals surface area (Å²) in [5, 5.41) is 4.62. The Bertz CT molecular complexity index is 841. The Kier molecular flexibility index (Phi) is 6.81. The van der Waals surface area contributed by atoms with Crippen LogP contribution in [-0.2, 0) is 17.9 Å². The van der Waals surface area contributed by atoms with Gasteiger partial charge in [-0.25, -0.2) is 4.79 Å². The Morgan fingerprint density at radius 1 is 0.893 bits per heavy atom. The summed E-state index contributed by atoms with van der Waals surface area (Å²) in [6.07, 6.45) is 0.156. The number of amides is 3. The number of nitrogens with one attached hydrogen (secondary N) is 1. The van der Waals surface area contributed by atoms with Crippen LogP contribution < -0.4 is 11.1 Å². The molecule has 144 valence electrons. The molecule has 0 saturated carbocycles. The van der Waals surface area contributed by atoms with Crippen molar-refractivity contribution < 1.29 is 9.59 Å². The molecule has 6 heteroatoms. The number of primary amides is 1. The van der Waals surface area contributed by atoms with Crippen LogP contribution in [-0.4, -0.2) is 16.8 Å². The number of nitrogens with zero attached hydrogens (tertiary/aromatic N) is 1. The Labute approximate surface area is 168 Å². The van der Waals surface area contributed by atoms with Gasteiger partial charge in [-0.15, -0.1) is 11.3 Å². The van der Waals surface area contributed by atoms with Gasteiger partial charge >= 0.3 is 6.03 Å². The van der Waals surface area contributed by atoms with E-state index >= 15 is 0 Å². The zero-order chi connectivity index (χ0) is 19.8. The van der Waals surface area contributed by atoms with Gasteiger partial charge in [0.2, 0.25) is 5.91 Å². The first-order chi connectivity index (χ1) is 13.6. The summed E-state index contributed by atoms with van der Waals surface area (Å²) in [4.78, 5) is 27.3. The monoisotopic (exact) mass is 393 g/mol. The van der Waals surface area contributed by atoms with Crippen LogP contribution in [0.25, 0.3) is 0 Å². The van der Waals surface area contributed by atoms with Crippen molar-refractivity contribution in [1.29, 1.82) is 0 Å². The number of urea groups is 1. The molecule has 1 atom stereocenters. The molecule has 3 amide bonds. The molecule has 0 radical (unpaired) electrons. The Morgan fingerprint density at radius 3 is 1.93 bits per heavy atom. The molecule has 3 aromatic rings. The first kappa shape index (κ1) is 19.6. The van der Waals surface area contributed by atoms with Crippen molar-refractivity contribution >= 4 is 23.3 Å². The largest absolute Gasteiger partial charge is 0.352 e. The van der Waals surface area contributed by atoms with Crippen LogP contribution >= 0.6 is 11.3 Å². The van der Waals surface area contributed by atoms with Crippen LogP contribution in [0.1, 0.15) is 28.5 Å². The van der Waals surface area contributed by atoms with E-state index in [4.69, 9.17) is 5.73 Å². The first-order valence-corrected chi connectivity index (χ1v) is 9.95. The molecule has 0 saturated heterocycles. The summed E-state index contributed by atoms with van der Waals surface area (Å²) >= 11 is 1.49. The second kappa shape index (κ2) is 9.71. The Morgan fingerprint density at radius 2 is 1.46 bits per heavy atom. The van der Waals surface area contributed by atoms with Gasteiger partial charge in [-0.3, -0.25) is 4.79 Å². The van der Waals surface area contributed by atoms with Gasteiger partial charge in [-0.1, -0.05) is 66.7 Å². The number of nitrogens with two attached hydrogens (primary N) is 1. The average molecular weight is 394 g/mol. The van der Waals surface area contributed by atoms with Gasteiger partial charge in [0.1, 0.15) is 0 Å². The van der Waals surface area contributed by atoms with Crippen molar-refractivity contribution in [3.63, 3.8) is 0 Å². The van der Waals surface area contributed by atoms with Crippen LogP contribution in [0.2, 0.25) is 0 Å². The fraction of sp³-hybridized carbons (Fsp3) is 0.182. The van der Waals surface area contributed by atoms with E-state index in [1.54, 1.807) is 0 Å². The molecule has 1 unspecified atom stereocenters. The van der Waals surface area contributed by atoms with Gasteiger partial charge in [0.15, 0.2) is 0 Å². The SMILES string of the molecule is NC(=O)NC(CC(=O)N(Cc1ccccc1)Cc1ccccc1)c1cccs1. The third-order valence-electron chi connectivity index (χ3n) is 4.37. The number of benzene rings is 2. The molecular weight excluding hydrogens is 370 g/mol. The van der Waals surface area contributed by atoms with Gasteiger partial charge in [0.05, 0.1) is 12.5 Å². The minimum Gasteiger partial charge on any atom is -0.352 e. The van der Waals surface area contributed by atoms with Crippen LogP contribution in [0.4, 0.5) is 4.79 Å². The maximum atomic E-state index is 13.2. The zero-order valence-corrected chi connectivity index (χ0v) is 16.3. The predicted octanol–water partition coefficient (Wildman–Crippen LogP) is 4.08. The van der Waals surface area contributed by atoms with Gasteiger partial charge in [-0.2, -0.15) is 0 Å². The molecule has 28 heavy (non-hydrogen) atoms. The number of carbonyl (C=O) groups is 2. The fourth-order valence-electron chi connectivity index (χ4n) is 3.03. The fourth-order valence-corrected chi connectivity index (χ4v) is 3.81. The van der Waals surface area contributed by atoms with E-state index in [2.05, 4.69) is 5.32 Å². The highest BCUT2D eigenvalue weighted by Crippen LogP contribution is 2.24. The summed E-state index contributed by atoms with van der Waals surface area (Å²) in [7, 11) is 0. The standard InChI is InChI=1S/C22H23N3O2S/c23-22(27)24-19(20-12-7-13-28-20)14-21(26)25(15-17-8-3-1-4-9-17)16-18-10-5-2-6-11-18/h1-13,19H,14-16H2,(H3,23,24,27). The minimum atomic E-state index is -0.635. The smallest absolute Gasteiger partial charge is 0.312 e. The van der Waals surface area contributed by atoms with Crippen molar-refractivity contribution in [2.45, 2.75) is 25.6 Å². The molecule has 0 aliphatic carbocycles. The van der Waals surface area contributed by atoms with E-state index in [1.807, 2.05) is 83.1 Å². The second-order valence-electron chi connectivity index (χ2n) is 6.50. The highest BCUT2D eigenvalue weighted by atomic mass is 32.1. The van der Waals surface area contributed by atoms with E-state index < -0.39 is 12.1 Å². The third-order valence-corrected chi connectivity index (χ3v) is 5.35. The maximum Gasteiger partial charge on any atom is 0.312 e. The molecule has 3 N–H and O–H groups in total. The highest BCUT2D eigenvalue weighted by Gasteiger charge is 2.22. The van der Waals surface area contributed by atoms with Crippen molar-refractivity contribution in [1.82, 2.24) is 10.2 Å². The predicted molar refractivity (Wildman–Crippen MR) is 112 cm³/mol. The second-order valence-corrected chi connectivity index (χ2v) is 7.48. The lowest BCUT2D eigenvalue weighted by atomic mass is 10.1. The summed E-state index contributed by atoms with van der Waals surface area (Å²) < 4.78 is 0. The number of thiophene rings is 1. The molecule has 1 heterocycles. The maximum absolute atomic E-state index is 13.2. The van der Waals surface area contributed by atoms with Crippen molar-refractivity contribution in [3.8, 4) is 0 Å². The van der Waals surface area contributed by atoms with E-state index in [1.165, 1.54) is 11.3 Å². The highest BCUT2D eigenvalue weighted by molar-refractivity contribution is 7.10. The van der Waals surface area contributed by atoms with Crippen LogP contribution in [0, 0.1) is 0 Å². The third kappa shape index (κ3) is 5.69.